The van der Waals surface area contributed by atoms with Gasteiger partial charge in [0.1, 0.15) is 5.82 Å². The first-order valence-corrected chi connectivity index (χ1v) is 8.70. The Morgan fingerprint density at radius 2 is 1.83 bits per heavy atom. The van der Waals surface area contributed by atoms with Gasteiger partial charge in [-0.15, -0.1) is 0 Å². The molecule has 0 radical (unpaired) electrons. The van der Waals surface area contributed by atoms with Crippen molar-refractivity contribution in [3.8, 4) is 0 Å². The second kappa shape index (κ2) is 7.16. The second-order valence-electron chi connectivity index (χ2n) is 6.93. The van der Waals surface area contributed by atoms with Gasteiger partial charge in [-0.3, -0.25) is 4.79 Å². The number of amides is 1. The minimum Gasteiger partial charge on any atom is -0.349 e. The van der Waals surface area contributed by atoms with Crippen LogP contribution in [0.25, 0.3) is 0 Å². The number of rotatable bonds is 4. The largest absolute Gasteiger partial charge is 0.349 e. The minimum absolute atomic E-state index is 0.0262. The average Bonchev–Trinajstić information content (AvgIpc) is 2.57. The van der Waals surface area contributed by atoms with Crippen LogP contribution < -0.4 is 5.32 Å². The molecular weight excluding hydrogens is 301 g/mol. The lowest BCUT2D eigenvalue weighted by atomic mass is 9.85. The molecule has 0 aromatic heterocycles. The number of halogens is 1. The number of aryl methyl sites for hydroxylation is 1. The summed E-state index contributed by atoms with van der Waals surface area (Å²) in [4.78, 5) is 12.9. The van der Waals surface area contributed by atoms with E-state index in [1.54, 1.807) is 12.1 Å². The highest BCUT2D eigenvalue weighted by Gasteiger charge is 2.28. The van der Waals surface area contributed by atoms with Gasteiger partial charge in [0, 0.05) is 0 Å². The highest BCUT2D eigenvalue weighted by molar-refractivity contribution is 5.84. The molecule has 0 spiro atoms. The lowest BCUT2D eigenvalue weighted by Crippen LogP contribution is -2.36. The standard InChI is InChI=1S/C21H24FNO/c1-14(2)20(16-10-12-17(22)13-11-16)21(24)23-19-9-5-7-15-6-3-4-8-18(15)19/h3-4,6,8,10-14,19-20H,5,7,9H2,1-2H3,(H,23,24). The Morgan fingerprint density at radius 1 is 1.12 bits per heavy atom. The molecule has 1 aliphatic rings. The molecule has 0 saturated heterocycles. The number of carbonyl (C=O) groups excluding carboxylic acids is 1. The highest BCUT2D eigenvalue weighted by Crippen LogP contribution is 2.31. The Morgan fingerprint density at radius 3 is 2.54 bits per heavy atom. The van der Waals surface area contributed by atoms with E-state index in [2.05, 4.69) is 23.5 Å². The Labute approximate surface area is 143 Å². The first-order valence-electron chi connectivity index (χ1n) is 8.70. The van der Waals surface area contributed by atoms with E-state index in [0.29, 0.717) is 0 Å². The molecule has 1 aliphatic carbocycles. The van der Waals surface area contributed by atoms with Crippen LogP contribution in [0, 0.1) is 11.7 Å². The van der Waals surface area contributed by atoms with Gasteiger partial charge in [-0.05, 0) is 54.0 Å². The van der Waals surface area contributed by atoms with Crippen molar-refractivity contribution in [3.63, 3.8) is 0 Å². The summed E-state index contributed by atoms with van der Waals surface area (Å²) >= 11 is 0. The third-order valence-corrected chi connectivity index (χ3v) is 4.86. The van der Waals surface area contributed by atoms with Crippen LogP contribution in [0.15, 0.2) is 48.5 Å². The van der Waals surface area contributed by atoms with E-state index in [9.17, 15) is 9.18 Å². The molecular formula is C21H24FNO. The van der Waals surface area contributed by atoms with Gasteiger partial charge in [0.15, 0.2) is 0 Å². The monoisotopic (exact) mass is 325 g/mol. The van der Waals surface area contributed by atoms with E-state index in [1.807, 2.05) is 19.9 Å². The van der Waals surface area contributed by atoms with Crippen LogP contribution in [0.4, 0.5) is 4.39 Å². The molecule has 0 aliphatic heterocycles. The zero-order valence-electron chi connectivity index (χ0n) is 14.3. The summed E-state index contributed by atoms with van der Waals surface area (Å²) in [5.41, 5.74) is 3.43. The van der Waals surface area contributed by atoms with E-state index in [0.717, 1.165) is 24.8 Å². The van der Waals surface area contributed by atoms with Gasteiger partial charge in [-0.25, -0.2) is 4.39 Å². The van der Waals surface area contributed by atoms with Crippen LogP contribution >= 0.6 is 0 Å². The Hall–Kier alpha value is -2.16. The summed E-state index contributed by atoms with van der Waals surface area (Å²) < 4.78 is 13.2. The quantitative estimate of drug-likeness (QED) is 0.863. The van der Waals surface area contributed by atoms with Crippen molar-refractivity contribution >= 4 is 5.91 Å². The predicted molar refractivity (Wildman–Crippen MR) is 94.2 cm³/mol. The molecule has 2 atom stereocenters. The summed E-state index contributed by atoms with van der Waals surface area (Å²) in [5.74, 6) is -0.366. The smallest absolute Gasteiger partial charge is 0.228 e. The summed E-state index contributed by atoms with van der Waals surface area (Å²) in [6.07, 6.45) is 3.13. The van der Waals surface area contributed by atoms with Crippen molar-refractivity contribution in [1.82, 2.24) is 5.32 Å². The predicted octanol–water partition coefficient (Wildman–Crippen LogP) is 4.76. The van der Waals surface area contributed by atoms with E-state index in [1.165, 1.54) is 23.3 Å². The maximum Gasteiger partial charge on any atom is 0.228 e. The van der Waals surface area contributed by atoms with Crippen molar-refractivity contribution in [1.29, 1.82) is 0 Å². The molecule has 126 valence electrons. The molecule has 24 heavy (non-hydrogen) atoms. The van der Waals surface area contributed by atoms with E-state index in [4.69, 9.17) is 0 Å². The SMILES string of the molecule is CC(C)C(C(=O)NC1CCCc2ccccc21)c1ccc(F)cc1. The molecule has 3 rings (SSSR count). The van der Waals surface area contributed by atoms with Crippen LogP contribution in [0.2, 0.25) is 0 Å². The average molecular weight is 325 g/mol. The van der Waals surface area contributed by atoms with E-state index < -0.39 is 0 Å². The van der Waals surface area contributed by atoms with Crippen LogP contribution in [0.1, 0.15) is 55.3 Å². The fraction of sp³-hybridized carbons (Fsp3) is 0.381. The third-order valence-electron chi connectivity index (χ3n) is 4.86. The lowest BCUT2D eigenvalue weighted by molar-refractivity contribution is -0.124. The normalized spacial score (nSPS) is 18.1. The van der Waals surface area contributed by atoms with Crippen LogP contribution in [0.3, 0.4) is 0 Å². The second-order valence-corrected chi connectivity index (χ2v) is 6.93. The Bertz CT molecular complexity index is 708. The summed E-state index contributed by atoms with van der Waals surface area (Å²) in [6, 6.07) is 14.7. The number of hydrogen-bond donors (Lipinski definition) is 1. The molecule has 2 nitrogen and oxygen atoms in total. The van der Waals surface area contributed by atoms with Gasteiger partial charge >= 0.3 is 0 Å². The third kappa shape index (κ3) is 3.50. The topological polar surface area (TPSA) is 29.1 Å². The molecule has 0 bridgehead atoms. The van der Waals surface area contributed by atoms with Crippen molar-refractivity contribution in [2.75, 3.05) is 0 Å². The fourth-order valence-corrected chi connectivity index (χ4v) is 3.67. The van der Waals surface area contributed by atoms with Crippen LogP contribution in [-0.4, -0.2) is 5.91 Å². The first kappa shape index (κ1) is 16.7. The maximum atomic E-state index is 13.2. The van der Waals surface area contributed by atoms with E-state index >= 15 is 0 Å². The number of carbonyl (C=O) groups is 1. The van der Waals surface area contributed by atoms with E-state index in [-0.39, 0.29) is 29.6 Å². The van der Waals surface area contributed by atoms with Crippen molar-refractivity contribution in [2.45, 2.75) is 45.1 Å². The molecule has 0 saturated carbocycles. The molecule has 2 aromatic carbocycles. The summed E-state index contributed by atoms with van der Waals surface area (Å²) in [5, 5.41) is 3.24. The number of nitrogens with one attached hydrogen (secondary N) is 1. The molecule has 2 aromatic rings. The Balaban J connectivity index is 1.81. The van der Waals surface area contributed by atoms with Gasteiger partial charge in [-0.1, -0.05) is 50.2 Å². The summed E-state index contributed by atoms with van der Waals surface area (Å²) in [6.45, 7) is 4.06. The van der Waals surface area contributed by atoms with Gasteiger partial charge in [0.2, 0.25) is 5.91 Å². The van der Waals surface area contributed by atoms with Crippen molar-refractivity contribution in [2.24, 2.45) is 5.92 Å². The molecule has 1 N–H and O–H groups in total. The van der Waals surface area contributed by atoms with Gasteiger partial charge in [0.25, 0.3) is 0 Å². The van der Waals surface area contributed by atoms with Crippen molar-refractivity contribution in [3.05, 3.63) is 71.0 Å². The fourth-order valence-electron chi connectivity index (χ4n) is 3.67. The Kier molecular flexibility index (Phi) is 4.98. The number of benzene rings is 2. The molecule has 3 heteroatoms. The number of fused-ring (bicyclic) bond motifs is 1. The maximum absolute atomic E-state index is 13.2. The molecule has 0 fully saturated rings. The van der Waals surface area contributed by atoms with Crippen LogP contribution in [0.5, 0.6) is 0 Å². The van der Waals surface area contributed by atoms with Gasteiger partial charge < -0.3 is 5.32 Å². The molecule has 0 heterocycles. The first-order chi connectivity index (χ1) is 11.6. The zero-order chi connectivity index (χ0) is 17.1. The molecule has 2 unspecified atom stereocenters. The number of hydrogen-bond acceptors (Lipinski definition) is 1. The van der Waals surface area contributed by atoms with Crippen molar-refractivity contribution < 1.29 is 9.18 Å². The van der Waals surface area contributed by atoms with Crippen LogP contribution in [-0.2, 0) is 11.2 Å². The highest BCUT2D eigenvalue weighted by atomic mass is 19.1. The van der Waals surface area contributed by atoms with Gasteiger partial charge in [0.05, 0.1) is 12.0 Å². The lowest BCUT2D eigenvalue weighted by Gasteiger charge is -2.29. The molecule has 1 amide bonds. The van der Waals surface area contributed by atoms with Gasteiger partial charge in [-0.2, -0.15) is 0 Å². The minimum atomic E-state index is -0.275. The summed E-state index contributed by atoms with van der Waals surface area (Å²) in [7, 11) is 0. The zero-order valence-corrected chi connectivity index (χ0v) is 14.3.